The predicted octanol–water partition coefficient (Wildman–Crippen LogP) is 4.84. The Morgan fingerprint density at radius 2 is 1.65 bits per heavy atom. The summed E-state index contributed by atoms with van der Waals surface area (Å²) in [6, 6.07) is 0. The maximum Gasteiger partial charge on any atom is 0.256 e. The first-order valence-corrected chi connectivity index (χ1v) is 7.57. The molecule has 0 spiro atoms. The molecule has 0 heterocycles. The Morgan fingerprint density at radius 1 is 1.20 bits per heavy atom. The molecule has 0 saturated heterocycles. The molecule has 3 heteroatoms. The Bertz CT molecular complexity index is 302. The molecular weight excluding hydrogens is 250 g/mol. The normalized spacial score (nSPS) is 11.7. The van der Waals surface area contributed by atoms with Crippen LogP contribution in [-0.2, 0) is 9.53 Å². The molecule has 0 atom stereocenters. The van der Waals surface area contributed by atoms with Gasteiger partial charge in [0.05, 0.1) is 0 Å². The third-order valence-corrected chi connectivity index (χ3v) is 2.59. The Hall–Kier alpha value is -1.09. The van der Waals surface area contributed by atoms with Crippen molar-refractivity contribution in [2.24, 2.45) is 0 Å². The monoisotopic (exact) mass is 285 g/mol. The Balaban J connectivity index is -0.000000656. The van der Waals surface area contributed by atoms with Crippen molar-refractivity contribution in [2.75, 3.05) is 7.11 Å². The maximum absolute atomic E-state index is 11.8. The van der Waals surface area contributed by atoms with Crippen LogP contribution in [0.3, 0.4) is 0 Å². The van der Waals surface area contributed by atoms with E-state index in [2.05, 4.69) is 12.2 Å². The fourth-order valence-electron chi connectivity index (χ4n) is 0.933. The van der Waals surface area contributed by atoms with Crippen LogP contribution in [0.1, 0.15) is 68.7 Å². The van der Waals surface area contributed by atoms with Gasteiger partial charge in [-0.25, -0.2) is 0 Å². The number of ether oxygens (including phenoxy) is 1. The number of carbonyl (C=O) groups excluding carboxylic acids is 1. The molecule has 0 aromatic rings. The van der Waals surface area contributed by atoms with Crippen LogP contribution in [0.5, 0.6) is 0 Å². The van der Waals surface area contributed by atoms with E-state index in [0.29, 0.717) is 0 Å². The van der Waals surface area contributed by atoms with Crippen molar-refractivity contribution in [1.82, 2.24) is 5.32 Å². The summed E-state index contributed by atoms with van der Waals surface area (Å²) in [5.74, 6) is -0.136. The van der Waals surface area contributed by atoms with E-state index in [0.717, 1.165) is 12.1 Å². The van der Waals surface area contributed by atoms with Crippen LogP contribution in [-0.4, -0.2) is 18.6 Å². The average molecular weight is 285 g/mol. The Labute approximate surface area is 126 Å². The van der Waals surface area contributed by atoms with Crippen molar-refractivity contribution in [3.05, 3.63) is 23.4 Å². The lowest BCUT2D eigenvalue weighted by molar-refractivity contribution is -0.138. The Morgan fingerprint density at radius 3 is 1.95 bits per heavy atom. The van der Waals surface area contributed by atoms with Crippen molar-refractivity contribution in [1.29, 1.82) is 0 Å². The minimum absolute atomic E-state index is 0.136. The second-order valence-corrected chi connectivity index (χ2v) is 4.26. The van der Waals surface area contributed by atoms with Gasteiger partial charge >= 0.3 is 0 Å². The standard InChI is InChI=1S/C13H23NO2.2C2H6/c1-7-10(3)9-11(8-2)14-12(15)13(4,5)16-6;2*1-2/h8-9H,7H2,1-6H3,(H,14,15);2*1-2H3/b10-9+,11-8+;;. The molecule has 0 aliphatic heterocycles. The lowest BCUT2D eigenvalue weighted by Gasteiger charge is -2.22. The van der Waals surface area contributed by atoms with Gasteiger partial charge in [0, 0.05) is 12.8 Å². The van der Waals surface area contributed by atoms with Gasteiger partial charge in [0.2, 0.25) is 0 Å². The van der Waals surface area contributed by atoms with Crippen molar-refractivity contribution in [2.45, 2.75) is 74.3 Å². The van der Waals surface area contributed by atoms with E-state index >= 15 is 0 Å². The van der Waals surface area contributed by atoms with E-state index < -0.39 is 5.60 Å². The van der Waals surface area contributed by atoms with Gasteiger partial charge in [-0.05, 0) is 40.2 Å². The number of methoxy groups -OCH3 is 1. The van der Waals surface area contributed by atoms with Crippen molar-refractivity contribution >= 4 is 5.91 Å². The highest BCUT2D eigenvalue weighted by atomic mass is 16.5. The third kappa shape index (κ3) is 10.8. The minimum atomic E-state index is -0.803. The zero-order valence-corrected chi connectivity index (χ0v) is 15.2. The van der Waals surface area contributed by atoms with E-state index in [-0.39, 0.29) is 5.91 Å². The minimum Gasteiger partial charge on any atom is -0.369 e. The highest BCUT2D eigenvalue weighted by Gasteiger charge is 2.26. The second kappa shape index (κ2) is 14.3. The molecule has 0 unspecified atom stereocenters. The molecule has 1 amide bonds. The van der Waals surface area contributed by atoms with E-state index in [1.165, 1.54) is 12.7 Å². The lowest BCUT2D eigenvalue weighted by atomic mass is 10.1. The van der Waals surface area contributed by atoms with Gasteiger partial charge < -0.3 is 10.1 Å². The molecule has 0 aromatic heterocycles. The molecule has 0 rings (SSSR count). The number of hydrogen-bond acceptors (Lipinski definition) is 2. The van der Waals surface area contributed by atoms with Crippen LogP contribution in [0.2, 0.25) is 0 Å². The van der Waals surface area contributed by atoms with Crippen LogP contribution in [0, 0.1) is 0 Å². The van der Waals surface area contributed by atoms with E-state index in [1.54, 1.807) is 13.8 Å². The molecule has 0 radical (unpaired) electrons. The van der Waals surface area contributed by atoms with E-state index in [9.17, 15) is 4.79 Å². The van der Waals surface area contributed by atoms with Gasteiger partial charge in [0.25, 0.3) is 5.91 Å². The maximum atomic E-state index is 11.8. The van der Waals surface area contributed by atoms with Gasteiger partial charge in [0.1, 0.15) is 5.60 Å². The molecular formula is C17H35NO2. The quantitative estimate of drug-likeness (QED) is 0.734. The van der Waals surface area contributed by atoms with Crippen LogP contribution in [0.4, 0.5) is 0 Å². The Kier molecular flexibility index (Phi) is 17.2. The smallest absolute Gasteiger partial charge is 0.256 e. The summed E-state index contributed by atoms with van der Waals surface area (Å²) in [6.45, 7) is 17.5. The molecule has 0 aliphatic rings. The van der Waals surface area contributed by atoms with E-state index in [1.807, 2.05) is 53.7 Å². The third-order valence-electron chi connectivity index (χ3n) is 2.59. The summed E-state index contributed by atoms with van der Waals surface area (Å²) in [4.78, 5) is 11.8. The summed E-state index contributed by atoms with van der Waals surface area (Å²) < 4.78 is 5.12. The first kappa shape index (κ1) is 24.0. The summed E-state index contributed by atoms with van der Waals surface area (Å²) in [7, 11) is 1.53. The topological polar surface area (TPSA) is 38.3 Å². The molecule has 0 aromatic carbocycles. The van der Waals surface area contributed by atoms with Gasteiger partial charge in [-0.2, -0.15) is 0 Å². The van der Waals surface area contributed by atoms with Gasteiger partial charge in [-0.15, -0.1) is 0 Å². The van der Waals surface area contributed by atoms with Gasteiger partial charge in [-0.1, -0.05) is 46.3 Å². The number of carbonyl (C=O) groups is 1. The number of nitrogens with one attached hydrogen (secondary N) is 1. The fraction of sp³-hybridized carbons (Fsp3) is 0.706. The van der Waals surface area contributed by atoms with Crippen molar-refractivity contribution in [3.8, 4) is 0 Å². The lowest BCUT2D eigenvalue weighted by Crippen LogP contribution is -2.42. The van der Waals surface area contributed by atoms with E-state index in [4.69, 9.17) is 4.74 Å². The zero-order valence-electron chi connectivity index (χ0n) is 15.2. The molecule has 120 valence electrons. The van der Waals surface area contributed by atoms with Crippen LogP contribution < -0.4 is 5.32 Å². The molecule has 0 bridgehead atoms. The first-order valence-electron chi connectivity index (χ1n) is 7.57. The average Bonchev–Trinajstić information content (AvgIpc) is 2.50. The summed E-state index contributed by atoms with van der Waals surface area (Å²) in [5, 5.41) is 2.84. The molecule has 0 aliphatic carbocycles. The second-order valence-electron chi connectivity index (χ2n) is 4.26. The number of rotatable bonds is 5. The SMILES string of the molecule is C/C=C(\C=C(/C)CC)NC(=O)C(C)(C)OC.CC.CC. The van der Waals surface area contributed by atoms with Crippen LogP contribution in [0.25, 0.3) is 0 Å². The molecule has 0 saturated carbocycles. The molecule has 0 fully saturated rings. The van der Waals surface area contributed by atoms with Crippen LogP contribution >= 0.6 is 0 Å². The number of hydrogen-bond donors (Lipinski definition) is 1. The number of amides is 1. The molecule has 20 heavy (non-hydrogen) atoms. The summed E-state index contributed by atoms with van der Waals surface area (Å²) in [6.07, 6.45) is 4.83. The first-order chi connectivity index (χ1) is 9.37. The number of allylic oxidation sites excluding steroid dienone is 3. The predicted molar refractivity (Wildman–Crippen MR) is 89.7 cm³/mol. The van der Waals surface area contributed by atoms with Gasteiger partial charge in [0.15, 0.2) is 0 Å². The molecule has 1 N–H and O–H groups in total. The summed E-state index contributed by atoms with van der Waals surface area (Å²) in [5.41, 5.74) is 1.24. The molecule has 3 nitrogen and oxygen atoms in total. The van der Waals surface area contributed by atoms with Crippen molar-refractivity contribution < 1.29 is 9.53 Å². The fourth-order valence-corrected chi connectivity index (χ4v) is 0.933. The highest BCUT2D eigenvalue weighted by Crippen LogP contribution is 2.10. The zero-order chi connectivity index (χ0) is 16.8. The van der Waals surface area contributed by atoms with Crippen LogP contribution in [0.15, 0.2) is 23.4 Å². The van der Waals surface area contributed by atoms with Gasteiger partial charge in [-0.3, -0.25) is 4.79 Å². The summed E-state index contributed by atoms with van der Waals surface area (Å²) >= 11 is 0. The largest absolute Gasteiger partial charge is 0.369 e. The highest BCUT2D eigenvalue weighted by molar-refractivity contribution is 5.86. The van der Waals surface area contributed by atoms with Crippen molar-refractivity contribution in [3.63, 3.8) is 0 Å².